The number of amides is 4. The number of carbonyl (C=O) groups excluding carboxylic acids is 3. The number of hydrogen-bond acceptors (Lipinski definition) is 3. The molecular formula is C19H24N4O3. The van der Waals surface area contributed by atoms with Gasteiger partial charge < -0.3 is 20.0 Å². The van der Waals surface area contributed by atoms with Crippen LogP contribution in [-0.2, 0) is 11.2 Å². The zero-order valence-electron chi connectivity index (χ0n) is 14.8. The molecule has 1 atom stereocenters. The van der Waals surface area contributed by atoms with Crippen LogP contribution in [0, 0.1) is 0 Å². The van der Waals surface area contributed by atoms with E-state index in [1.165, 1.54) is 0 Å². The lowest BCUT2D eigenvalue weighted by Crippen LogP contribution is -2.53. The van der Waals surface area contributed by atoms with Gasteiger partial charge in [-0.1, -0.05) is 18.2 Å². The number of likely N-dealkylation sites (tertiary alicyclic amines) is 1. The fourth-order valence-corrected chi connectivity index (χ4v) is 4.16. The standard InChI is InChI=1S/C19H24N4O3/c24-17(13-22-10-7-14-4-1-2-6-16(14)18(22)25)21-9-3-5-15(12-21)23-11-8-20-19(23)26/h1-2,4,6,15H,3,5,7-13H2,(H,20,26). The summed E-state index contributed by atoms with van der Waals surface area (Å²) < 4.78 is 0. The van der Waals surface area contributed by atoms with Gasteiger partial charge in [0.25, 0.3) is 5.91 Å². The van der Waals surface area contributed by atoms with Crippen LogP contribution in [0.3, 0.4) is 0 Å². The highest BCUT2D eigenvalue weighted by molar-refractivity contribution is 5.98. The Morgan fingerprint density at radius 3 is 2.81 bits per heavy atom. The molecule has 2 fully saturated rings. The lowest BCUT2D eigenvalue weighted by Gasteiger charge is -2.38. The third-order valence-electron chi connectivity index (χ3n) is 5.59. The smallest absolute Gasteiger partial charge is 0.317 e. The first-order valence-corrected chi connectivity index (χ1v) is 9.33. The Kier molecular flexibility index (Phi) is 4.53. The summed E-state index contributed by atoms with van der Waals surface area (Å²) in [5.74, 6) is -0.0882. The summed E-state index contributed by atoms with van der Waals surface area (Å²) in [6.07, 6.45) is 2.59. The van der Waals surface area contributed by atoms with Crippen molar-refractivity contribution in [1.82, 2.24) is 20.0 Å². The van der Waals surface area contributed by atoms with Crippen LogP contribution >= 0.6 is 0 Å². The average Bonchev–Trinajstić information content (AvgIpc) is 3.10. The van der Waals surface area contributed by atoms with Crippen molar-refractivity contribution in [1.29, 1.82) is 0 Å². The number of fused-ring (bicyclic) bond motifs is 1. The van der Waals surface area contributed by atoms with Crippen LogP contribution in [0.15, 0.2) is 24.3 Å². The average molecular weight is 356 g/mol. The summed E-state index contributed by atoms with van der Waals surface area (Å²) in [6, 6.07) is 7.65. The van der Waals surface area contributed by atoms with Crippen molar-refractivity contribution in [2.24, 2.45) is 0 Å². The van der Waals surface area contributed by atoms with Crippen LogP contribution in [0.5, 0.6) is 0 Å². The van der Waals surface area contributed by atoms with Crippen molar-refractivity contribution >= 4 is 17.8 Å². The minimum atomic E-state index is -0.0623. The van der Waals surface area contributed by atoms with Gasteiger partial charge in [-0.25, -0.2) is 4.79 Å². The molecule has 0 saturated carbocycles. The molecule has 0 aromatic heterocycles. The van der Waals surface area contributed by atoms with Gasteiger partial charge in [-0.2, -0.15) is 0 Å². The summed E-state index contributed by atoms with van der Waals surface area (Å²) in [5.41, 5.74) is 1.76. The highest BCUT2D eigenvalue weighted by Crippen LogP contribution is 2.21. The molecule has 7 heteroatoms. The van der Waals surface area contributed by atoms with Crippen molar-refractivity contribution in [3.05, 3.63) is 35.4 Å². The number of hydrogen-bond donors (Lipinski definition) is 1. The largest absolute Gasteiger partial charge is 0.339 e. The number of rotatable bonds is 3. The molecule has 2 saturated heterocycles. The number of carbonyl (C=O) groups is 3. The third-order valence-corrected chi connectivity index (χ3v) is 5.59. The summed E-state index contributed by atoms with van der Waals surface area (Å²) in [6.45, 7) is 3.33. The van der Waals surface area contributed by atoms with Crippen LogP contribution in [0.2, 0.25) is 0 Å². The van der Waals surface area contributed by atoms with E-state index < -0.39 is 0 Å². The molecule has 3 aliphatic heterocycles. The van der Waals surface area contributed by atoms with E-state index in [1.54, 1.807) is 4.90 Å². The van der Waals surface area contributed by atoms with E-state index in [0.717, 1.165) is 24.8 Å². The van der Waals surface area contributed by atoms with Crippen molar-refractivity contribution in [3.8, 4) is 0 Å². The Balaban J connectivity index is 1.39. The van der Waals surface area contributed by atoms with Gasteiger partial charge in [-0.05, 0) is 30.9 Å². The molecule has 4 rings (SSSR count). The van der Waals surface area contributed by atoms with Gasteiger partial charge in [-0.3, -0.25) is 9.59 Å². The van der Waals surface area contributed by atoms with Gasteiger partial charge in [-0.15, -0.1) is 0 Å². The van der Waals surface area contributed by atoms with E-state index >= 15 is 0 Å². The topological polar surface area (TPSA) is 73.0 Å². The maximum absolute atomic E-state index is 12.8. The van der Waals surface area contributed by atoms with Gasteiger partial charge >= 0.3 is 6.03 Å². The molecule has 138 valence electrons. The zero-order valence-corrected chi connectivity index (χ0v) is 14.8. The number of nitrogens with one attached hydrogen (secondary N) is 1. The maximum Gasteiger partial charge on any atom is 0.317 e. The Hall–Kier alpha value is -2.57. The Morgan fingerprint density at radius 1 is 1.15 bits per heavy atom. The summed E-state index contributed by atoms with van der Waals surface area (Å²) in [4.78, 5) is 42.6. The van der Waals surface area contributed by atoms with Crippen LogP contribution in [-0.4, -0.2) is 77.9 Å². The molecule has 4 amide bonds. The maximum atomic E-state index is 12.8. The minimum Gasteiger partial charge on any atom is -0.339 e. The van der Waals surface area contributed by atoms with Gasteiger partial charge in [0.15, 0.2) is 0 Å². The van der Waals surface area contributed by atoms with Crippen molar-refractivity contribution < 1.29 is 14.4 Å². The fraction of sp³-hybridized carbons (Fsp3) is 0.526. The normalized spacial score (nSPS) is 23.1. The first kappa shape index (κ1) is 16.9. The Morgan fingerprint density at radius 2 is 2.00 bits per heavy atom. The second kappa shape index (κ2) is 6.97. The highest BCUT2D eigenvalue weighted by atomic mass is 16.2. The minimum absolute atomic E-state index is 0.0259. The van der Waals surface area contributed by atoms with Crippen LogP contribution in [0.1, 0.15) is 28.8 Å². The quantitative estimate of drug-likeness (QED) is 0.867. The molecule has 0 radical (unpaired) electrons. The zero-order chi connectivity index (χ0) is 18.1. The van der Waals surface area contributed by atoms with Gasteiger partial charge in [0, 0.05) is 38.3 Å². The second-order valence-electron chi connectivity index (χ2n) is 7.19. The van der Waals surface area contributed by atoms with Crippen LogP contribution < -0.4 is 5.32 Å². The number of benzene rings is 1. The van der Waals surface area contributed by atoms with E-state index in [2.05, 4.69) is 5.32 Å². The molecule has 0 bridgehead atoms. The van der Waals surface area contributed by atoms with E-state index in [-0.39, 0.29) is 30.4 Å². The predicted octanol–water partition coefficient (Wildman–Crippen LogP) is 0.701. The molecular weight excluding hydrogens is 332 g/mol. The summed E-state index contributed by atoms with van der Waals surface area (Å²) in [7, 11) is 0. The van der Waals surface area contributed by atoms with E-state index in [1.807, 2.05) is 34.1 Å². The van der Waals surface area contributed by atoms with E-state index in [0.29, 0.717) is 38.3 Å². The molecule has 7 nitrogen and oxygen atoms in total. The highest BCUT2D eigenvalue weighted by Gasteiger charge is 2.34. The van der Waals surface area contributed by atoms with Gasteiger partial charge in [0.2, 0.25) is 5.91 Å². The Bertz CT molecular complexity index is 735. The lowest BCUT2D eigenvalue weighted by molar-refractivity contribution is -0.133. The summed E-state index contributed by atoms with van der Waals surface area (Å²) >= 11 is 0. The van der Waals surface area contributed by atoms with E-state index in [9.17, 15) is 14.4 Å². The molecule has 0 spiro atoms. The molecule has 1 unspecified atom stereocenters. The molecule has 26 heavy (non-hydrogen) atoms. The molecule has 0 aliphatic carbocycles. The van der Waals surface area contributed by atoms with Crippen molar-refractivity contribution in [2.45, 2.75) is 25.3 Å². The first-order valence-electron chi connectivity index (χ1n) is 9.33. The number of nitrogens with zero attached hydrogens (tertiary/aromatic N) is 3. The lowest BCUT2D eigenvalue weighted by atomic mass is 9.99. The van der Waals surface area contributed by atoms with E-state index in [4.69, 9.17) is 0 Å². The third kappa shape index (κ3) is 3.13. The SMILES string of the molecule is O=C(CN1CCc2ccccc2C1=O)N1CCCC(N2CCNC2=O)C1. The molecule has 1 aromatic carbocycles. The predicted molar refractivity (Wildman–Crippen MR) is 95.8 cm³/mol. The molecule has 3 aliphatic rings. The molecule has 1 aromatic rings. The molecule has 3 heterocycles. The summed E-state index contributed by atoms with van der Waals surface area (Å²) in [5, 5.41) is 2.82. The van der Waals surface area contributed by atoms with Gasteiger partial charge in [0.1, 0.15) is 6.54 Å². The van der Waals surface area contributed by atoms with Gasteiger partial charge in [0.05, 0.1) is 6.04 Å². The Labute approximate surface area is 152 Å². The molecule has 1 N–H and O–H groups in total. The number of piperidine rings is 1. The van der Waals surface area contributed by atoms with Crippen LogP contribution in [0.4, 0.5) is 4.79 Å². The van der Waals surface area contributed by atoms with Crippen LogP contribution in [0.25, 0.3) is 0 Å². The number of urea groups is 1. The second-order valence-corrected chi connectivity index (χ2v) is 7.19. The first-order chi connectivity index (χ1) is 12.6. The van der Waals surface area contributed by atoms with Crippen molar-refractivity contribution in [2.75, 3.05) is 39.3 Å². The monoisotopic (exact) mass is 356 g/mol. The van der Waals surface area contributed by atoms with Crippen molar-refractivity contribution in [3.63, 3.8) is 0 Å². The fourth-order valence-electron chi connectivity index (χ4n) is 4.16.